The van der Waals surface area contributed by atoms with Gasteiger partial charge in [0.05, 0.1) is 6.10 Å². The molecule has 0 aliphatic heterocycles. The molecule has 5 saturated carbocycles. The molecular formula is C17H28O. The molecular weight excluding hydrogens is 220 g/mol. The van der Waals surface area contributed by atoms with Crippen LogP contribution in [-0.2, 0) is 0 Å². The van der Waals surface area contributed by atoms with Crippen LogP contribution in [0.5, 0.6) is 0 Å². The van der Waals surface area contributed by atoms with E-state index in [9.17, 15) is 5.11 Å². The van der Waals surface area contributed by atoms with Crippen LogP contribution in [-0.4, -0.2) is 11.2 Å². The number of aliphatic hydroxyl groups is 1. The number of hydrogen-bond donors (Lipinski definition) is 1. The Hall–Kier alpha value is -0.0400. The second kappa shape index (κ2) is 3.98. The van der Waals surface area contributed by atoms with Gasteiger partial charge in [0.2, 0.25) is 0 Å². The SMILES string of the molecule is C[C@@H]1C[C@@H](C23CC4CC(CC(C4)C2)C3)CC[C@@H]1O. The van der Waals surface area contributed by atoms with Crippen molar-refractivity contribution in [1.29, 1.82) is 0 Å². The normalized spacial score (nSPS) is 59.0. The topological polar surface area (TPSA) is 20.2 Å². The summed E-state index contributed by atoms with van der Waals surface area (Å²) in [5.41, 5.74) is 0.725. The van der Waals surface area contributed by atoms with E-state index in [1.807, 2.05) is 0 Å². The fourth-order valence-corrected chi connectivity index (χ4v) is 6.61. The molecule has 1 heteroatoms. The van der Waals surface area contributed by atoms with E-state index < -0.39 is 0 Å². The smallest absolute Gasteiger partial charge is 0.0566 e. The summed E-state index contributed by atoms with van der Waals surface area (Å²) >= 11 is 0. The molecule has 0 heterocycles. The number of aliphatic hydroxyl groups excluding tert-OH is 1. The lowest BCUT2D eigenvalue weighted by Gasteiger charge is -2.60. The van der Waals surface area contributed by atoms with Gasteiger partial charge in [0.15, 0.2) is 0 Å². The molecule has 5 aliphatic carbocycles. The molecule has 0 aromatic rings. The van der Waals surface area contributed by atoms with E-state index in [0.717, 1.165) is 35.5 Å². The van der Waals surface area contributed by atoms with E-state index in [1.165, 1.54) is 12.8 Å². The molecule has 0 spiro atoms. The molecule has 0 radical (unpaired) electrons. The summed E-state index contributed by atoms with van der Waals surface area (Å²) < 4.78 is 0. The van der Waals surface area contributed by atoms with Gasteiger partial charge in [-0.25, -0.2) is 0 Å². The maximum absolute atomic E-state index is 9.98. The fourth-order valence-electron chi connectivity index (χ4n) is 6.61. The molecule has 0 saturated heterocycles. The Kier molecular flexibility index (Phi) is 2.60. The lowest BCUT2D eigenvalue weighted by molar-refractivity contribution is -0.109. The Balaban J connectivity index is 1.56. The Morgan fingerprint density at radius 2 is 1.39 bits per heavy atom. The van der Waals surface area contributed by atoms with Gasteiger partial charge in [0.1, 0.15) is 0 Å². The fraction of sp³-hybridized carbons (Fsp3) is 1.00. The van der Waals surface area contributed by atoms with Gasteiger partial charge >= 0.3 is 0 Å². The third kappa shape index (κ3) is 1.69. The second-order valence-electron chi connectivity index (χ2n) is 8.33. The average Bonchev–Trinajstić information content (AvgIpc) is 2.31. The molecule has 0 amide bonds. The van der Waals surface area contributed by atoms with Gasteiger partial charge in [0.25, 0.3) is 0 Å². The zero-order valence-electron chi connectivity index (χ0n) is 11.8. The highest BCUT2D eigenvalue weighted by Gasteiger charge is 2.54. The van der Waals surface area contributed by atoms with Gasteiger partial charge in [-0.3, -0.25) is 0 Å². The van der Waals surface area contributed by atoms with Crippen LogP contribution in [0, 0.1) is 35.0 Å². The van der Waals surface area contributed by atoms with E-state index in [2.05, 4.69) is 6.92 Å². The van der Waals surface area contributed by atoms with E-state index in [0.29, 0.717) is 5.92 Å². The van der Waals surface area contributed by atoms with Gasteiger partial charge in [-0.05, 0) is 92.8 Å². The Labute approximate surface area is 111 Å². The number of hydrogen-bond acceptors (Lipinski definition) is 1. The van der Waals surface area contributed by atoms with Crippen molar-refractivity contribution in [2.45, 2.75) is 70.8 Å². The molecule has 1 nitrogen and oxygen atoms in total. The summed E-state index contributed by atoms with van der Waals surface area (Å²) in [4.78, 5) is 0. The van der Waals surface area contributed by atoms with Crippen molar-refractivity contribution >= 4 is 0 Å². The highest BCUT2D eigenvalue weighted by atomic mass is 16.3. The summed E-state index contributed by atoms with van der Waals surface area (Å²) in [6.07, 6.45) is 13.0. The van der Waals surface area contributed by atoms with Gasteiger partial charge in [-0.2, -0.15) is 0 Å². The molecule has 0 aromatic carbocycles. The molecule has 102 valence electrons. The van der Waals surface area contributed by atoms with Crippen molar-refractivity contribution < 1.29 is 5.11 Å². The van der Waals surface area contributed by atoms with Crippen molar-refractivity contribution in [3.8, 4) is 0 Å². The standard InChI is InChI=1S/C17H28O/c1-11-4-15(2-3-16(11)18)17-8-12-5-13(9-17)7-14(6-12)10-17/h11-16,18H,2-10H2,1H3/t11-,12?,13?,14?,15+,16+,17?/m1/s1. The van der Waals surface area contributed by atoms with E-state index in [4.69, 9.17) is 0 Å². The highest BCUT2D eigenvalue weighted by molar-refractivity contribution is 5.05. The molecule has 5 rings (SSSR count). The van der Waals surface area contributed by atoms with Crippen LogP contribution in [0.15, 0.2) is 0 Å². The monoisotopic (exact) mass is 248 g/mol. The first-order valence-corrected chi connectivity index (χ1v) is 8.33. The van der Waals surface area contributed by atoms with Crippen LogP contribution in [0.25, 0.3) is 0 Å². The second-order valence-corrected chi connectivity index (χ2v) is 8.33. The molecule has 3 atom stereocenters. The summed E-state index contributed by atoms with van der Waals surface area (Å²) in [5, 5.41) is 9.98. The molecule has 0 aromatic heterocycles. The minimum Gasteiger partial charge on any atom is -0.393 e. The maximum Gasteiger partial charge on any atom is 0.0566 e. The van der Waals surface area contributed by atoms with E-state index in [-0.39, 0.29) is 6.10 Å². The summed E-state index contributed by atoms with van der Waals surface area (Å²) in [6.45, 7) is 2.28. The van der Waals surface area contributed by atoms with Crippen LogP contribution >= 0.6 is 0 Å². The molecule has 5 fully saturated rings. The van der Waals surface area contributed by atoms with Crippen LogP contribution in [0.3, 0.4) is 0 Å². The molecule has 1 N–H and O–H groups in total. The predicted octanol–water partition coefficient (Wildman–Crippen LogP) is 4.00. The van der Waals surface area contributed by atoms with Crippen LogP contribution in [0.4, 0.5) is 0 Å². The van der Waals surface area contributed by atoms with Crippen molar-refractivity contribution in [2.75, 3.05) is 0 Å². The minimum atomic E-state index is -0.00448. The first kappa shape index (κ1) is 11.8. The van der Waals surface area contributed by atoms with E-state index >= 15 is 0 Å². The Morgan fingerprint density at radius 3 is 1.89 bits per heavy atom. The summed E-state index contributed by atoms with van der Waals surface area (Å²) in [5.74, 6) is 4.75. The van der Waals surface area contributed by atoms with Gasteiger partial charge in [-0.1, -0.05) is 6.92 Å². The first-order chi connectivity index (χ1) is 8.64. The minimum absolute atomic E-state index is 0.00448. The predicted molar refractivity (Wildman–Crippen MR) is 73.1 cm³/mol. The maximum atomic E-state index is 9.98. The third-order valence-electron chi connectivity index (χ3n) is 7.08. The van der Waals surface area contributed by atoms with Gasteiger partial charge < -0.3 is 5.11 Å². The largest absolute Gasteiger partial charge is 0.393 e. The number of rotatable bonds is 1. The zero-order chi connectivity index (χ0) is 12.3. The quantitative estimate of drug-likeness (QED) is 0.743. The zero-order valence-corrected chi connectivity index (χ0v) is 11.8. The lowest BCUT2D eigenvalue weighted by Crippen LogP contribution is -2.51. The molecule has 4 bridgehead atoms. The van der Waals surface area contributed by atoms with Crippen molar-refractivity contribution in [3.05, 3.63) is 0 Å². The lowest BCUT2D eigenvalue weighted by atomic mass is 9.45. The van der Waals surface area contributed by atoms with Crippen molar-refractivity contribution in [3.63, 3.8) is 0 Å². The molecule has 0 unspecified atom stereocenters. The van der Waals surface area contributed by atoms with Gasteiger partial charge in [0, 0.05) is 0 Å². The van der Waals surface area contributed by atoms with Crippen LogP contribution < -0.4 is 0 Å². The Bertz CT molecular complexity index is 299. The van der Waals surface area contributed by atoms with Crippen LogP contribution in [0.1, 0.15) is 64.7 Å². The summed E-state index contributed by atoms with van der Waals surface area (Å²) in [6, 6.07) is 0. The average molecular weight is 248 g/mol. The molecule has 18 heavy (non-hydrogen) atoms. The third-order valence-corrected chi connectivity index (χ3v) is 7.08. The Morgan fingerprint density at radius 1 is 0.833 bits per heavy atom. The van der Waals surface area contributed by atoms with Gasteiger partial charge in [-0.15, -0.1) is 0 Å². The summed E-state index contributed by atoms with van der Waals surface area (Å²) in [7, 11) is 0. The van der Waals surface area contributed by atoms with E-state index in [1.54, 1.807) is 38.5 Å². The molecule has 5 aliphatic rings. The first-order valence-electron chi connectivity index (χ1n) is 8.33. The highest BCUT2D eigenvalue weighted by Crippen LogP contribution is 2.64. The van der Waals surface area contributed by atoms with Crippen molar-refractivity contribution in [1.82, 2.24) is 0 Å². The van der Waals surface area contributed by atoms with Crippen molar-refractivity contribution in [2.24, 2.45) is 35.0 Å². The van der Waals surface area contributed by atoms with Crippen LogP contribution in [0.2, 0.25) is 0 Å².